The number of benzene rings is 1. The van der Waals surface area contributed by atoms with E-state index < -0.39 is 17.8 Å². The molecule has 24 heavy (non-hydrogen) atoms. The molecule has 0 fully saturated rings. The topological polar surface area (TPSA) is 110 Å². The van der Waals surface area contributed by atoms with Gasteiger partial charge in [-0.1, -0.05) is 18.2 Å². The number of nitrogens with one attached hydrogen (secondary N) is 2. The third kappa shape index (κ3) is 4.99. The summed E-state index contributed by atoms with van der Waals surface area (Å²) in [6.45, 7) is 5.64. The molecule has 2 aromatic rings. The molecule has 0 aliphatic carbocycles. The molecule has 1 heterocycles. The molecule has 130 valence electrons. The van der Waals surface area contributed by atoms with Gasteiger partial charge in [-0.15, -0.1) is 0 Å². The lowest BCUT2D eigenvalue weighted by Crippen LogP contribution is -2.39. The molecule has 0 aliphatic heterocycles. The molecule has 2 rings (SSSR count). The first kappa shape index (κ1) is 17.8. The molecular weight excluding hydrogens is 308 g/mol. The summed E-state index contributed by atoms with van der Waals surface area (Å²) in [7, 11) is 0. The lowest BCUT2D eigenvalue weighted by Gasteiger charge is -2.21. The Bertz CT molecular complexity index is 713. The maximum absolute atomic E-state index is 11.6. The van der Waals surface area contributed by atoms with Crippen LogP contribution in [-0.4, -0.2) is 41.0 Å². The Balaban J connectivity index is 1.92. The van der Waals surface area contributed by atoms with Crippen molar-refractivity contribution in [2.75, 3.05) is 24.1 Å². The Kier molecular flexibility index (Phi) is 5.46. The molecule has 0 aliphatic rings. The number of carbonyl (C=O) groups is 1. The Morgan fingerprint density at radius 1 is 1.33 bits per heavy atom. The van der Waals surface area contributed by atoms with Crippen LogP contribution >= 0.6 is 0 Å². The number of amides is 1. The molecule has 0 saturated carbocycles. The fourth-order valence-electron chi connectivity index (χ4n) is 2.16. The molecule has 0 spiro atoms. The molecule has 7 nitrogen and oxygen atoms in total. The zero-order valence-electron chi connectivity index (χ0n) is 14.2. The number of aromatic nitrogens is 1. The van der Waals surface area contributed by atoms with Gasteiger partial charge in [0.05, 0.1) is 29.2 Å². The first-order valence-electron chi connectivity index (χ1n) is 7.78. The van der Waals surface area contributed by atoms with E-state index in [4.69, 9.17) is 10.5 Å². The second-order valence-corrected chi connectivity index (χ2v) is 6.52. The van der Waals surface area contributed by atoms with Gasteiger partial charge in [0.1, 0.15) is 5.60 Å². The highest BCUT2D eigenvalue weighted by Crippen LogP contribution is 2.27. The lowest BCUT2D eigenvalue weighted by molar-refractivity contribution is 0.0496. The van der Waals surface area contributed by atoms with E-state index in [1.807, 2.05) is 24.3 Å². The normalized spacial score (nSPS) is 12.7. The number of ether oxygens (including phenoxy) is 1. The Hall–Kier alpha value is -2.54. The van der Waals surface area contributed by atoms with E-state index in [1.54, 1.807) is 27.0 Å². The quantitative estimate of drug-likeness (QED) is 0.668. The van der Waals surface area contributed by atoms with Gasteiger partial charge in [0.15, 0.2) is 0 Å². The molecule has 1 atom stereocenters. The van der Waals surface area contributed by atoms with Crippen LogP contribution in [0.25, 0.3) is 10.9 Å². The molecule has 0 saturated heterocycles. The highest BCUT2D eigenvalue weighted by atomic mass is 16.6. The summed E-state index contributed by atoms with van der Waals surface area (Å²) in [6, 6.07) is 7.59. The molecule has 1 aromatic heterocycles. The van der Waals surface area contributed by atoms with Crippen molar-refractivity contribution >= 4 is 28.4 Å². The van der Waals surface area contributed by atoms with Gasteiger partial charge in [-0.2, -0.15) is 0 Å². The average Bonchev–Trinajstić information content (AvgIpc) is 2.50. The summed E-state index contributed by atoms with van der Waals surface area (Å²) in [5.41, 5.74) is 7.43. The fraction of sp³-hybridized carbons (Fsp3) is 0.412. The molecular formula is C17H24N4O3. The largest absolute Gasteiger partial charge is 0.444 e. The van der Waals surface area contributed by atoms with Gasteiger partial charge in [0.2, 0.25) is 0 Å². The van der Waals surface area contributed by atoms with Crippen LogP contribution in [0.5, 0.6) is 0 Å². The molecule has 5 N–H and O–H groups in total. The number of fused-ring (bicyclic) bond motifs is 1. The Labute approximate surface area is 141 Å². The number of pyridine rings is 1. The number of nitrogens with two attached hydrogens (primary N) is 1. The van der Waals surface area contributed by atoms with Gasteiger partial charge in [0.25, 0.3) is 0 Å². The van der Waals surface area contributed by atoms with E-state index in [0.717, 1.165) is 16.6 Å². The fourth-order valence-corrected chi connectivity index (χ4v) is 2.16. The molecule has 7 heteroatoms. The van der Waals surface area contributed by atoms with Crippen LogP contribution < -0.4 is 16.4 Å². The molecule has 1 amide bonds. The summed E-state index contributed by atoms with van der Waals surface area (Å²) in [5, 5.41) is 16.6. The van der Waals surface area contributed by atoms with E-state index in [-0.39, 0.29) is 13.1 Å². The number of nitrogens with zero attached hydrogens (tertiary/aromatic N) is 1. The molecule has 0 radical (unpaired) electrons. The number of anilines is 2. The van der Waals surface area contributed by atoms with E-state index in [2.05, 4.69) is 15.6 Å². The van der Waals surface area contributed by atoms with E-state index >= 15 is 0 Å². The number of aliphatic hydroxyl groups is 1. The summed E-state index contributed by atoms with van der Waals surface area (Å²) >= 11 is 0. The van der Waals surface area contributed by atoms with Gasteiger partial charge in [0, 0.05) is 18.5 Å². The van der Waals surface area contributed by atoms with E-state index in [0.29, 0.717) is 5.69 Å². The number of carbonyl (C=O) groups excluding carboxylic acids is 1. The van der Waals surface area contributed by atoms with E-state index in [1.165, 1.54) is 0 Å². The van der Waals surface area contributed by atoms with Crippen LogP contribution in [0, 0.1) is 0 Å². The van der Waals surface area contributed by atoms with Crippen LogP contribution in [0.2, 0.25) is 0 Å². The number of para-hydroxylation sites is 1. The first-order chi connectivity index (χ1) is 11.3. The highest BCUT2D eigenvalue weighted by molar-refractivity contribution is 5.96. The smallest absolute Gasteiger partial charge is 0.407 e. The van der Waals surface area contributed by atoms with Crippen LogP contribution in [-0.2, 0) is 4.74 Å². The predicted octanol–water partition coefficient (Wildman–Crippen LogP) is 2.11. The highest BCUT2D eigenvalue weighted by Gasteiger charge is 2.17. The van der Waals surface area contributed by atoms with Crippen molar-refractivity contribution < 1.29 is 14.6 Å². The third-order valence-electron chi connectivity index (χ3n) is 3.20. The van der Waals surface area contributed by atoms with Gasteiger partial charge in [-0.3, -0.25) is 4.98 Å². The number of rotatable bonds is 5. The average molecular weight is 332 g/mol. The molecule has 0 bridgehead atoms. The van der Waals surface area contributed by atoms with Crippen molar-refractivity contribution in [2.24, 2.45) is 0 Å². The zero-order chi connectivity index (χ0) is 17.7. The minimum atomic E-state index is -0.788. The van der Waals surface area contributed by atoms with Gasteiger partial charge in [-0.25, -0.2) is 4.79 Å². The van der Waals surface area contributed by atoms with Gasteiger partial charge >= 0.3 is 6.09 Å². The molecule has 1 aromatic carbocycles. The summed E-state index contributed by atoms with van der Waals surface area (Å²) < 4.78 is 5.12. The zero-order valence-corrected chi connectivity index (χ0v) is 14.2. The monoisotopic (exact) mass is 332 g/mol. The van der Waals surface area contributed by atoms with Crippen molar-refractivity contribution in [1.29, 1.82) is 0 Å². The Morgan fingerprint density at radius 3 is 2.75 bits per heavy atom. The van der Waals surface area contributed by atoms with E-state index in [9.17, 15) is 9.90 Å². The first-order valence-corrected chi connectivity index (χ1v) is 7.78. The lowest BCUT2D eigenvalue weighted by atomic mass is 10.1. The van der Waals surface area contributed by atoms with Crippen molar-refractivity contribution in [3.8, 4) is 0 Å². The van der Waals surface area contributed by atoms with Crippen LogP contribution in [0.1, 0.15) is 20.8 Å². The second kappa shape index (κ2) is 7.35. The van der Waals surface area contributed by atoms with Crippen LogP contribution in [0.3, 0.4) is 0 Å². The SMILES string of the molecule is CC(C)(C)OC(=O)NCC(O)CNc1c(N)cnc2ccccc12. The standard InChI is InChI=1S/C17H24N4O3/c1-17(2,3)24-16(23)21-9-11(22)8-20-15-12-6-4-5-7-14(12)19-10-13(15)18/h4-7,10-11,22H,8-9,18H2,1-3H3,(H,19,20)(H,21,23). The number of hydrogen-bond donors (Lipinski definition) is 4. The van der Waals surface area contributed by atoms with Gasteiger partial charge < -0.3 is 26.2 Å². The van der Waals surface area contributed by atoms with Crippen molar-refractivity contribution in [1.82, 2.24) is 10.3 Å². The number of hydrogen-bond acceptors (Lipinski definition) is 6. The minimum absolute atomic E-state index is 0.0742. The summed E-state index contributed by atoms with van der Waals surface area (Å²) in [4.78, 5) is 15.8. The predicted molar refractivity (Wildman–Crippen MR) is 94.9 cm³/mol. The molecule has 1 unspecified atom stereocenters. The minimum Gasteiger partial charge on any atom is -0.444 e. The van der Waals surface area contributed by atoms with Crippen LogP contribution in [0.15, 0.2) is 30.5 Å². The Morgan fingerprint density at radius 2 is 2.04 bits per heavy atom. The van der Waals surface area contributed by atoms with Gasteiger partial charge in [-0.05, 0) is 26.8 Å². The third-order valence-corrected chi connectivity index (χ3v) is 3.20. The van der Waals surface area contributed by atoms with Crippen LogP contribution in [0.4, 0.5) is 16.2 Å². The van der Waals surface area contributed by atoms with Crippen molar-refractivity contribution in [3.05, 3.63) is 30.5 Å². The number of aliphatic hydroxyl groups excluding tert-OH is 1. The summed E-state index contributed by atoms with van der Waals surface area (Å²) in [5.74, 6) is 0. The second-order valence-electron chi connectivity index (χ2n) is 6.52. The maximum Gasteiger partial charge on any atom is 0.407 e. The maximum atomic E-state index is 11.6. The number of nitrogen functional groups attached to an aromatic ring is 1. The summed E-state index contributed by atoms with van der Waals surface area (Å²) in [6.07, 6.45) is 0.231. The van der Waals surface area contributed by atoms with Crippen molar-refractivity contribution in [2.45, 2.75) is 32.5 Å². The number of alkyl carbamates (subject to hydrolysis) is 1. The van der Waals surface area contributed by atoms with Crippen molar-refractivity contribution in [3.63, 3.8) is 0 Å².